The molecule has 108 valence electrons. The topological polar surface area (TPSA) is 63.1 Å². The van der Waals surface area contributed by atoms with Gasteiger partial charge in [-0.3, -0.25) is 9.36 Å². The van der Waals surface area contributed by atoms with Crippen molar-refractivity contribution in [2.45, 2.75) is 13.0 Å². The van der Waals surface area contributed by atoms with Gasteiger partial charge in [0.2, 0.25) is 0 Å². The first-order valence-electron chi connectivity index (χ1n) is 7.01. The molecule has 0 aromatic carbocycles. The van der Waals surface area contributed by atoms with E-state index in [1.54, 1.807) is 24.2 Å². The average Bonchev–Trinajstić information content (AvgIpc) is 3.09. The van der Waals surface area contributed by atoms with Gasteiger partial charge in [0.15, 0.2) is 0 Å². The molecule has 1 aliphatic heterocycles. The summed E-state index contributed by atoms with van der Waals surface area (Å²) in [6, 6.07) is 1.82. The van der Waals surface area contributed by atoms with Crippen LogP contribution in [0.2, 0.25) is 0 Å². The number of nitrogens with zero attached hydrogens (tertiary/aromatic N) is 3. The maximum Gasteiger partial charge on any atom is 0.277 e. The Morgan fingerprint density at radius 1 is 1.55 bits per heavy atom. The van der Waals surface area contributed by atoms with Gasteiger partial charge in [0.1, 0.15) is 5.52 Å². The highest BCUT2D eigenvalue weighted by Gasteiger charge is 2.22. The predicted molar refractivity (Wildman–Crippen MR) is 76.8 cm³/mol. The maximum atomic E-state index is 12.3. The minimum absolute atomic E-state index is 0.0235. The number of aromatic nitrogens is 3. The molecule has 1 N–H and O–H groups in total. The van der Waals surface area contributed by atoms with Crippen molar-refractivity contribution in [2.75, 3.05) is 33.4 Å². The van der Waals surface area contributed by atoms with Crippen LogP contribution < -0.4 is 5.56 Å². The quantitative estimate of drug-likeness (QED) is 0.873. The smallest absolute Gasteiger partial charge is 0.277 e. The Bertz CT molecular complexity index is 633. The molecule has 0 bridgehead atoms. The number of hydrogen-bond donors (Lipinski definition) is 1. The summed E-state index contributed by atoms with van der Waals surface area (Å²) in [6.45, 7) is 4.59. The number of ether oxygens (including phenoxy) is 1. The molecule has 0 amide bonds. The van der Waals surface area contributed by atoms with Crippen LogP contribution in [0.1, 0.15) is 6.42 Å². The third-order valence-electron chi connectivity index (χ3n) is 3.97. The van der Waals surface area contributed by atoms with E-state index in [4.69, 9.17) is 4.74 Å². The molecule has 6 heteroatoms. The van der Waals surface area contributed by atoms with Crippen LogP contribution in [-0.2, 0) is 11.3 Å². The fourth-order valence-electron chi connectivity index (χ4n) is 2.86. The molecule has 2 aromatic rings. The fraction of sp³-hybridized carbons (Fsp3) is 0.571. The van der Waals surface area contributed by atoms with Gasteiger partial charge in [0, 0.05) is 32.9 Å². The highest BCUT2D eigenvalue weighted by molar-refractivity contribution is 5.73. The van der Waals surface area contributed by atoms with Gasteiger partial charge in [-0.25, -0.2) is 4.98 Å². The highest BCUT2D eigenvalue weighted by Crippen LogP contribution is 2.17. The summed E-state index contributed by atoms with van der Waals surface area (Å²) < 4.78 is 6.83. The van der Waals surface area contributed by atoms with Crippen LogP contribution in [0.25, 0.3) is 11.0 Å². The van der Waals surface area contributed by atoms with Gasteiger partial charge < -0.3 is 14.6 Å². The van der Waals surface area contributed by atoms with Gasteiger partial charge in [0.05, 0.1) is 18.5 Å². The molecule has 0 aliphatic carbocycles. The van der Waals surface area contributed by atoms with E-state index in [2.05, 4.69) is 14.9 Å². The van der Waals surface area contributed by atoms with Gasteiger partial charge in [0.25, 0.3) is 5.56 Å². The monoisotopic (exact) mass is 276 g/mol. The number of hydrogen-bond acceptors (Lipinski definition) is 4. The number of fused-ring (bicyclic) bond motifs is 1. The number of aromatic amines is 1. The Morgan fingerprint density at radius 3 is 3.30 bits per heavy atom. The van der Waals surface area contributed by atoms with Gasteiger partial charge in [-0.1, -0.05) is 0 Å². The Balaban J connectivity index is 1.68. The van der Waals surface area contributed by atoms with Gasteiger partial charge in [-0.15, -0.1) is 0 Å². The lowest BCUT2D eigenvalue weighted by Crippen LogP contribution is -2.28. The number of likely N-dealkylation sites (tertiary alicyclic amines) is 1. The van der Waals surface area contributed by atoms with E-state index in [1.807, 2.05) is 6.07 Å². The second kappa shape index (κ2) is 5.76. The first-order valence-corrected chi connectivity index (χ1v) is 7.01. The van der Waals surface area contributed by atoms with Crippen molar-refractivity contribution < 1.29 is 4.74 Å². The molecule has 20 heavy (non-hydrogen) atoms. The van der Waals surface area contributed by atoms with E-state index in [1.165, 1.54) is 0 Å². The minimum atomic E-state index is 0.0235. The molecule has 0 saturated carbocycles. The Kier molecular flexibility index (Phi) is 3.84. The van der Waals surface area contributed by atoms with Crippen LogP contribution in [0.3, 0.4) is 0 Å². The molecule has 1 saturated heterocycles. The fourth-order valence-corrected chi connectivity index (χ4v) is 2.86. The Labute approximate surface area is 117 Å². The summed E-state index contributed by atoms with van der Waals surface area (Å²) in [5, 5.41) is 0. The minimum Gasteiger partial charge on any atom is -0.383 e. The maximum absolute atomic E-state index is 12.3. The molecule has 3 rings (SSSR count). The molecule has 6 nitrogen and oxygen atoms in total. The summed E-state index contributed by atoms with van der Waals surface area (Å²) in [5.74, 6) is 0.513. The van der Waals surface area contributed by atoms with Crippen molar-refractivity contribution in [2.24, 2.45) is 5.92 Å². The van der Waals surface area contributed by atoms with Crippen LogP contribution >= 0.6 is 0 Å². The third-order valence-corrected chi connectivity index (χ3v) is 3.97. The zero-order chi connectivity index (χ0) is 13.9. The van der Waals surface area contributed by atoms with Crippen LogP contribution in [-0.4, -0.2) is 52.8 Å². The van der Waals surface area contributed by atoms with E-state index in [9.17, 15) is 4.79 Å². The van der Waals surface area contributed by atoms with E-state index >= 15 is 0 Å². The molecule has 1 unspecified atom stereocenters. The molecule has 1 fully saturated rings. The zero-order valence-electron chi connectivity index (χ0n) is 11.7. The summed E-state index contributed by atoms with van der Waals surface area (Å²) >= 11 is 0. The van der Waals surface area contributed by atoms with Gasteiger partial charge in [-0.2, -0.15) is 0 Å². The molecule has 0 radical (unpaired) electrons. The van der Waals surface area contributed by atoms with E-state index in [-0.39, 0.29) is 5.56 Å². The molecule has 3 heterocycles. The molecular formula is C14H20N4O2. The molecule has 2 aromatic heterocycles. The summed E-state index contributed by atoms with van der Waals surface area (Å²) in [7, 11) is 1.73. The lowest BCUT2D eigenvalue weighted by atomic mass is 10.1. The number of H-pyrrole nitrogens is 1. The van der Waals surface area contributed by atoms with E-state index in [0.29, 0.717) is 11.4 Å². The average molecular weight is 276 g/mol. The number of nitrogens with one attached hydrogen (secondary N) is 1. The van der Waals surface area contributed by atoms with Crippen molar-refractivity contribution >= 4 is 11.0 Å². The molecular weight excluding hydrogens is 256 g/mol. The Morgan fingerprint density at radius 2 is 2.45 bits per heavy atom. The first-order chi connectivity index (χ1) is 9.78. The van der Waals surface area contributed by atoms with Gasteiger partial charge in [-0.05, 0) is 24.9 Å². The van der Waals surface area contributed by atoms with Crippen LogP contribution in [0.4, 0.5) is 0 Å². The first kappa shape index (κ1) is 13.3. The normalized spacial score (nSPS) is 19.9. The predicted octanol–water partition coefficient (Wildman–Crippen LogP) is 0.693. The van der Waals surface area contributed by atoms with Crippen molar-refractivity contribution in [1.82, 2.24) is 19.4 Å². The van der Waals surface area contributed by atoms with Crippen molar-refractivity contribution in [3.8, 4) is 0 Å². The standard InChI is InChI=1S/C14H20N4O2/c1-20-7-6-17-5-3-11(8-17)9-18-10-16-12-2-4-15-13(12)14(18)19/h2,4,10-11,15H,3,5-9H2,1H3. The lowest BCUT2D eigenvalue weighted by Gasteiger charge is -2.15. The summed E-state index contributed by atoms with van der Waals surface area (Å²) in [5.41, 5.74) is 1.36. The van der Waals surface area contributed by atoms with Crippen molar-refractivity contribution in [3.63, 3.8) is 0 Å². The SMILES string of the molecule is COCCN1CCC(Cn2cnc3cc[nH]c3c2=O)C1. The largest absolute Gasteiger partial charge is 0.383 e. The van der Waals surface area contributed by atoms with Crippen molar-refractivity contribution in [1.29, 1.82) is 0 Å². The second-order valence-electron chi connectivity index (χ2n) is 5.39. The molecule has 1 atom stereocenters. The Hall–Kier alpha value is -1.66. The van der Waals surface area contributed by atoms with E-state index < -0.39 is 0 Å². The van der Waals surface area contributed by atoms with Crippen LogP contribution in [0, 0.1) is 5.92 Å². The third kappa shape index (κ3) is 2.62. The number of rotatable bonds is 5. The second-order valence-corrected chi connectivity index (χ2v) is 5.39. The van der Waals surface area contributed by atoms with Crippen LogP contribution in [0.15, 0.2) is 23.4 Å². The number of methoxy groups -OCH3 is 1. The zero-order valence-corrected chi connectivity index (χ0v) is 11.7. The highest BCUT2D eigenvalue weighted by atomic mass is 16.5. The van der Waals surface area contributed by atoms with Crippen molar-refractivity contribution in [3.05, 3.63) is 28.9 Å². The molecule has 0 spiro atoms. The summed E-state index contributed by atoms with van der Waals surface area (Å²) in [6.07, 6.45) is 4.54. The van der Waals surface area contributed by atoms with Crippen LogP contribution in [0.5, 0.6) is 0 Å². The lowest BCUT2D eigenvalue weighted by molar-refractivity contribution is 0.158. The molecule has 1 aliphatic rings. The van der Waals surface area contributed by atoms with E-state index in [0.717, 1.165) is 44.7 Å². The van der Waals surface area contributed by atoms with Gasteiger partial charge >= 0.3 is 0 Å². The summed E-state index contributed by atoms with van der Waals surface area (Å²) in [4.78, 5) is 22.0.